The number of hydrogen-bond donors (Lipinski definition) is 1. The number of amides is 1. The van der Waals surface area contributed by atoms with Crippen LogP contribution >= 0.6 is 0 Å². The molecule has 1 amide bonds. The van der Waals surface area contributed by atoms with E-state index >= 15 is 0 Å². The molecule has 4 heteroatoms. The molecule has 0 fully saturated rings. The number of hydrogen-bond acceptors (Lipinski definition) is 2. The lowest BCUT2D eigenvalue weighted by Crippen LogP contribution is -2.33. The maximum Gasteiger partial charge on any atom is 0.407 e. The normalized spacial score (nSPS) is 15.4. The van der Waals surface area contributed by atoms with Crippen molar-refractivity contribution in [1.82, 2.24) is 9.88 Å². The maximum atomic E-state index is 10.9. The molecule has 0 saturated heterocycles. The van der Waals surface area contributed by atoms with Gasteiger partial charge in [0.05, 0.1) is 11.2 Å². The lowest BCUT2D eigenvalue weighted by Gasteiger charge is -2.23. The molecule has 2 heterocycles. The van der Waals surface area contributed by atoms with Crippen LogP contribution in [0.5, 0.6) is 0 Å². The summed E-state index contributed by atoms with van der Waals surface area (Å²) in [5, 5.41) is 10.0. The van der Waals surface area contributed by atoms with Gasteiger partial charge < -0.3 is 10.0 Å². The van der Waals surface area contributed by atoms with E-state index in [1.54, 1.807) is 0 Å². The first kappa shape index (κ1) is 11.7. The molecule has 1 aromatic carbocycles. The minimum atomic E-state index is -0.859. The van der Waals surface area contributed by atoms with Crippen molar-refractivity contribution in [2.75, 3.05) is 13.1 Å². The Balaban J connectivity index is 1.91. The molecule has 1 aromatic heterocycles. The van der Waals surface area contributed by atoms with Gasteiger partial charge in [-0.3, -0.25) is 0 Å². The predicted octanol–water partition coefficient (Wildman–Crippen LogP) is 3.00. The highest BCUT2D eigenvalue weighted by atomic mass is 16.4. The van der Waals surface area contributed by atoms with Crippen molar-refractivity contribution in [1.29, 1.82) is 0 Å². The molecule has 0 radical (unpaired) electrons. The molecule has 96 valence electrons. The number of nitrogens with zero attached hydrogens (tertiary/aromatic N) is 2. The average molecular weight is 254 g/mol. The second-order valence-electron chi connectivity index (χ2n) is 4.60. The zero-order chi connectivity index (χ0) is 13.2. The first-order valence-electron chi connectivity index (χ1n) is 6.27. The van der Waals surface area contributed by atoms with Crippen molar-refractivity contribution >= 4 is 22.6 Å². The molecule has 1 N–H and O–H groups in total. The number of carbonyl (C=O) groups is 1. The second-order valence-corrected chi connectivity index (χ2v) is 4.60. The van der Waals surface area contributed by atoms with Crippen LogP contribution in [-0.4, -0.2) is 34.2 Å². The van der Waals surface area contributed by atoms with Crippen LogP contribution in [0.15, 0.2) is 42.5 Å². The number of rotatable bonds is 1. The minimum Gasteiger partial charge on any atom is -0.465 e. The minimum absolute atomic E-state index is 0.444. The van der Waals surface area contributed by atoms with Gasteiger partial charge in [-0.1, -0.05) is 30.3 Å². The smallest absolute Gasteiger partial charge is 0.407 e. The Morgan fingerprint density at radius 2 is 2.05 bits per heavy atom. The fourth-order valence-electron chi connectivity index (χ4n) is 2.32. The van der Waals surface area contributed by atoms with Crippen LogP contribution in [0.3, 0.4) is 0 Å². The fourth-order valence-corrected chi connectivity index (χ4v) is 2.32. The van der Waals surface area contributed by atoms with E-state index in [4.69, 9.17) is 5.11 Å². The summed E-state index contributed by atoms with van der Waals surface area (Å²) in [5.41, 5.74) is 3.05. The zero-order valence-corrected chi connectivity index (χ0v) is 10.4. The van der Waals surface area contributed by atoms with Crippen LogP contribution in [0.25, 0.3) is 16.5 Å². The molecule has 0 aliphatic carbocycles. The molecule has 1 aliphatic heterocycles. The Hall–Kier alpha value is -2.36. The third kappa shape index (κ3) is 2.29. The number of benzene rings is 1. The van der Waals surface area contributed by atoms with Crippen LogP contribution in [0.1, 0.15) is 12.1 Å². The van der Waals surface area contributed by atoms with Crippen molar-refractivity contribution in [3.05, 3.63) is 48.2 Å². The van der Waals surface area contributed by atoms with Gasteiger partial charge >= 0.3 is 6.09 Å². The number of aromatic nitrogens is 1. The van der Waals surface area contributed by atoms with Gasteiger partial charge in [0.2, 0.25) is 0 Å². The lowest BCUT2D eigenvalue weighted by atomic mass is 10.0. The third-order valence-corrected chi connectivity index (χ3v) is 3.41. The Morgan fingerprint density at radius 1 is 1.21 bits per heavy atom. The summed E-state index contributed by atoms with van der Waals surface area (Å²) in [6.07, 6.45) is 1.81. The summed E-state index contributed by atoms with van der Waals surface area (Å²) in [6, 6.07) is 12.1. The van der Waals surface area contributed by atoms with E-state index in [2.05, 4.69) is 11.1 Å². The van der Waals surface area contributed by atoms with Gasteiger partial charge in [0.1, 0.15) is 0 Å². The van der Waals surface area contributed by atoms with Gasteiger partial charge in [-0.05, 0) is 24.1 Å². The first-order valence-corrected chi connectivity index (χ1v) is 6.27. The van der Waals surface area contributed by atoms with Crippen LogP contribution in [-0.2, 0) is 0 Å². The zero-order valence-electron chi connectivity index (χ0n) is 10.4. The van der Waals surface area contributed by atoms with E-state index in [0.29, 0.717) is 13.1 Å². The standard InChI is InChI=1S/C15H14N2O2/c18-15(19)17-9-7-12(8-10-17)14-6-5-11-3-1-2-4-13(11)16-14/h1-7H,8-10H2,(H,18,19). The van der Waals surface area contributed by atoms with Crippen LogP contribution < -0.4 is 0 Å². The highest BCUT2D eigenvalue weighted by molar-refractivity contribution is 5.81. The summed E-state index contributed by atoms with van der Waals surface area (Å²) in [5.74, 6) is 0. The molecule has 0 bridgehead atoms. The van der Waals surface area contributed by atoms with Crippen molar-refractivity contribution < 1.29 is 9.90 Å². The molecule has 0 unspecified atom stereocenters. The van der Waals surface area contributed by atoms with Gasteiger partial charge in [0, 0.05) is 18.5 Å². The quantitative estimate of drug-likeness (QED) is 0.851. The summed E-state index contributed by atoms with van der Waals surface area (Å²) in [6.45, 7) is 0.981. The molecular weight excluding hydrogens is 240 g/mol. The molecule has 2 aromatic rings. The van der Waals surface area contributed by atoms with Crippen molar-refractivity contribution in [2.45, 2.75) is 6.42 Å². The summed E-state index contributed by atoms with van der Waals surface area (Å²) < 4.78 is 0. The van der Waals surface area contributed by atoms with E-state index in [0.717, 1.165) is 28.6 Å². The van der Waals surface area contributed by atoms with Crippen LogP contribution in [0, 0.1) is 0 Å². The average Bonchev–Trinajstić information content (AvgIpc) is 2.47. The molecule has 0 atom stereocenters. The summed E-state index contributed by atoms with van der Waals surface area (Å²) >= 11 is 0. The Morgan fingerprint density at radius 3 is 2.79 bits per heavy atom. The highest BCUT2D eigenvalue weighted by Crippen LogP contribution is 2.23. The maximum absolute atomic E-state index is 10.9. The second kappa shape index (κ2) is 4.72. The van der Waals surface area contributed by atoms with E-state index in [1.165, 1.54) is 4.90 Å². The van der Waals surface area contributed by atoms with E-state index in [9.17, 15) is 4.79 Å². The number of para-hydroxylation sites is 1. The topological polar surface area (TPSA) is 53.4 Å². The number of carboxylic acid groups (broad SMARTS) is 1. The monoisotopic (exact) mass is 254 g/mol. The fraction of sp³-hybridized carbons (Fsp3) is 0.200. The van der Waals surface area contributed by atoms with Crippen molar-refractivity contribution in [2.24, 2.45) is 0 Å². The molecule has 0 spiro atoms. The summed E-state index contributed by atoms with van der Waals surface area (Å²) in [4.78, 5) is 16.9. The predicted molar refractivity (Wildman–Crippen MR) is 73.9 cm³/mol. The molecule has 4 nitrogen and oxygen atoms in total. The lowest BCUT2D eigenvalue weighted by molar-refractivity contribution is 0.150. The number of pyridine rings is 1. The SMILES string of the molecule is O=C(O)N1CC=C(c2ccc3ccccc3n2)CC1. The van der Waals surface area contributed by atoms with Gasteiger partial charge in [0.25, 0.3) is 0 Å². The van der Waals surface area contributed by atoms with E-state index in [1.807, 2.05) is 36.4 Å². The molecule has 3 rings (SSSR count). The Bertz CT molecular complexity index is 664. The van der Waals surface area contributed by atoms with Gasteiger partial charge in [-0.15, -0.1) is 0 Å². The third-order valence-electron chi connectivity index (χ3n) is 3.41. The van der Waals surface area contributed by atoms with Gasteiger partial charge in [0.15, 0.2) is 0 Å². The first-order chi connectivity index (χ1) is 9.24. The van der Waals surface area contributed by atoms with Gasteiger partial charge in [-0.2, -0.15) is 0 Å². The molecule has 1 aliphatic rings. The Kier molecular flexibility index (Phi) is 2.91. The molecular formula is C15H14N2O2. The van der Waals surface area contributed by atoms with Gasteiger partial charge in [-0.25, -0.2) is 9.78 Å². The highest BCUT2D eigenvalue weighted by Gasteiger charge is 2.17. The largest absolute Gasteiger partial charge is 0.465 e. The number of fused-ring (bicyclic) bond motifs is 1. The van der Waals surface area contributed by atoms with Crippen LogP contribution in [0.4, 0.5) is 4.79 Å². The van der Waals surface area contributed by atoms with Crippen molar-refractivity contribution in [3.63, 3.8) is 0 Å². The van der Waals surface area contributed by atoms with E-state index < -0.39 is 6.09 Å². The van der Waals surface area contributed by atoms with Crippen molar-refractivity contribution in [3.8, 4) is 0 Å². The van der Waals surface area contributed by atoms with E-state index in [-0.39, 0.29) is 0 Å². The molecule has 19 heavy (non-hydrogen) atoms. The molecule has 0 saturated carbocycles. The Labute approximate surface area is 111 Å². The van der Waals surface area contributed by atoms with Crippen LogP contribution in [0.2, 0.25) is 0 Å². The summed E-state index contributed by atoms with van der Waals surface area (Å²) in [7, 11) is 0.